The van der Waals surface area contributed by atoms with Crippen LogP contribution in [0.15, 0.2) is 36.4 Å². The fraction of sp³-hybridized carbons (Fsp3) is 0.385. The predicted molar refractivity (Wildman–Crippen MR) is 125 cm³/mol. The van der Waals surface area contributed by atoms with E-state index in [1.807, 2.05) is 25.1 Å². The average Bonchev–Trinajstić information content (AvgIpc) is 3.17. The molecule has 3 heterocycles. The van der Waals surface area contributed by atoms with Crippen LogP contribution in [0, 0.1) is 17.8 Å². The van der Waals surface area contributed by atoms with Crippen molar-refractivity contribution in [3.63, 3.8) is 0 Å². The minimum absolute atomic E-state index is 0.0590. The predicted octanol–water partition coefficient (Wildman–Crippen LogP) is 4.51. The molecule has 3 aromatic rings. The summed E-state index contributed by atoms with van der Waals surface area (Å²) >= 11 is 0. The second kappa shape index (κ2) is 9.07. The van der Waals surface area contributed by atoms with Crippen molar-refractivity contribution in [1.82, 2.24) is 19.8 Å². The summed E-state index contributed by atoms with van der Waals surface area (Å²) in [5, 5.41) is 3.37. The molecule has 5 rings (SSSR count). The molecule has 2 atom stereocenters. The van der Waals surface area contributed by atoms with Crippen molar-refractivity contribution in [3.05, 3.63) is 53.3 Å². The molecule has 1 unspecified atom stereocenters. The number of imidazole rings is 1. The molecule has 2 aliphatic rings. The number of ether oxygens (including phenoxy) is 1. The van der Waals surface area contributed by atoms with Crippen LogP contribution in [0.3, 0.4) is 0 Å². The maximum atomic E-state index is 13.3. The zero-order valence-electron chi connectivity index (χ0n) is 19.1. The number of carbonyl (C=O) groups excluding carboxylic acids is 1. The van der Waals surface area contributed by atoms with Crippen molar-refractivity contribution in [3.8, 4) is 23.3 Å². The number of alkyl halides is 2. The van der Waals surface area contributed by atoms with Gasteiger partial charge in [0.2, 0.25) is 0 Å². The molecule has 0 bridgehead atoms. The van der Waals surface area contributed by atoms with E-state index < -0.39 is 6.61 Å². The smallest absolute Gasteiger partial charge is 0.387 e. The van der Waals surface area contributed by atoms with E-state index in [1.54, 1.807) is 28.6 Å². The van der Waals surface area contributed by atoms with Crippen LogP contribution < -0.4 is 10.1 Å². The van der Waals surface area contributed by atoms with Gasteiger partial charge in [0.25, 0.3) is 5.91 Å². The van der Waals surface area contributed by atoms with Crippen LogP contribution in [-0.4, -0.2) is 47.1 Å². The summed E-state index contributed by atoms with van der Waals surface area (Å²) in [4.78, 5) is 19.8. The quantitative estimate of drug-likeness (QED) is 0.580. The Morgan fingerprint density at radius 2 is 2.15 bits per heavy atom. The van der Waals surface area contributed by atoms with Gasteiger partial charge in [-0.15, -0.1) is 0 Å². The lowest BCUT2D eigenvalue weighted by molar-refractivity contribution is -0.0498. The molecule has 1 fully saturated rings. The monoisotopic (exact) mass is 464 g/mol. The Bertz CT molecular complexity index is 1300. The molecule has 1 N–H and O–H groups in total. The Morgan fingerprint density at radius 3 is 2.88 bits per heavy atom. The highest BCUT2D eigenvalue weighted by Crippen LogP contribution is 2.40. The summed E-state index contributed by atoms with van der Waals surface area (Å²) in [5.74, 6) is 7.21. The van der Waals surface area contributed by atoms with E-state index in [1.165, 1.54) is 6.07 Å². The molecule has 6 nitrogen and oxygen atoms in total. The van der Waals surface area contributed by atoms with Crippen LogP contribution in [0.1, 0.15) is 54.0 Å². The maximum absolute atomic E-state index is 13.3. The first-order valence-electron chi connectivity index (χ1n) is 11.6. The molecule has 0 radical (unpaired) electrons. The average molecular weight is 465 g/mol. The zero-order chi connectivity index (χ0) is 23.8. The van der Waals surface area contributed by atoms with E-state index in [9.17, 15) is 13.6 Å². The van der Waals surface area contributed by atoms with Crippen molar-refractivity contribution < 1.29 is 18.3 Å². The number of fused-ring (bicyclic) bond motifs is 5. The Hall–Kier alpha value is -3.44. The van der Waals surface area contributed by atoms with Gasteiger partial charge in [0, 0.05) is 25.1 Å². The molecule has 1 saturated heterocycles. The number of nitrogens with one attached hydrogen (secondary N) is 1. The van der Waals surface area contributed by atoms with Gasteiger partial charge in [0.1, 0.15) is 11.5 Å². The van der Waals surface area contributed by atoms with Crippen LogP contribution in [0.5, 0.6) is 5.75 Å². The summed E-state index contributed by atoms with van der Waals surface area (Å²) < 4.78 is 33.3. The van der Waals surface area contributed by atoms with Gasteiger partial charge in [-0.1, -0.05) is 24.8 Å². The van der Waals surface area contributed by atoms with Crippen molar-refractivity contribution in [2.45, 2.75) is 38.8 Å². The fourth-order valence-electron chi connectivity index (χ4n) is 4.87. The van der Waals surface area contributed by atoms with Crippen molar-refractivity contribution in [1.29, 1.82) is 0 Å². The normalized spacial score (nSPS) is 19.9. The van der Waals surface area contributed by atoms with E-state index in [4.69, 9.17) is 9.72 Å². The van der Waals surface area contributed by atoms with Crippen LogP contribution in [0.4, 0.5) is 8.78 Å². The number of amides is 1. The third kappa shape index (κ3) is 3.90. The van der Waals surface area contributed by atoms with E-state index in [2.05, 4.69) is 17.2 Å². The molecule has 176 valence electrons. The minimum atomic E-state index is -3.02. The van der Waals surface area contributed by atoms with E-state index in [0.29, 0.717) is 34.8 Å². The minimum Gasteiger partial charge on any atom is -0.433 e. The highest BCUT2D eigenvalue weighted by atomic mass is 19.3. The summed E-state index contributed by atoms with van der Waals surface area (Å²) in [5.41, 5.74) is 2.80. The summed E-state index contributed by atoms with van der Waals surface area (Å²) in [6, 6.07) is 10.1. The number of halogens is 2. The number of hydrogen-bond acceptors (Lipinski definition) is 4. The van der Waals surface area contributed by atoms with Gasteiger partial charge >= 0.3 is 6.61 Å². The lowest BCUT2D eigenvalue weighted by atomic mass is 10.00. The molecule has 0 aliphatic carbocycles. The first kappa shape index (κ1) is 22.4. The number of hydrogen-bond donors (Lipinski definition) is 1. The van der Waals surface area contributed by atoms with E-state index in [-0.39, 0.29) is 23.4 Å². The zero-order valence-corrected chi connectivity index (χ0v) is 19.1. The van der Waals surface area contributed by atoms with Crippen molar-refractivity contribution in [2.75, 3.05) is 20.1 Å². The topological polar surface area (TPSA) is 59.4 Å². The molecule has 2 aromatic carbocycles. The van der Waals surface area contributed by atoms with Gasteiger partial charge in [-0.25, -0.2) is 4.98 Å². The third-order valence-corrected chi connectivity index (χ3v) is 6.54. The Morgan fingerprint density at radius 1 is 1.29 bits per heavy atom. The molecule has 0 saturated carbocycles. The molecule has 1 amide bonds. The second-order valence-electron chi connectivity index (χ2n) is 8.69. The summed E-state index contributed by atoms with van der Waals surface area (Å²) in [6.07, 6.45) is 2.79. The number of benzene rings is 2. The Balaban J connectivity index is 1.73. The van der Waals surface area contributed by atoms with Gasteiger partial charge in [0.15, 0.2) is 5.75 Å². The van der Waals surface area contributed by atoms with Crippen molar-refractivity contribution in [2.24, 2.45) is 5.92 Å². The molecular weight excluding hydrogens is 438 g/mol. The molecule has 1 aromatic heterocycles. The Kier molecular flexibility index (Phi) is 5.96. The van der Waals surface area contributed by atoms with Gasteiger partial charge in [0.05, 0.1) is 22.6 Å². The first-order valence-corrected chi connectivity index (χ1v) is 11.6. The van der Waals surface area contributed by atoms with Gasteiger partial charge in [-0.3, -0.25) is 9.36 Å². The molecular formula is C26H26F2N4O2. The number of aromatic nitrogens is 2. The molecule has 34 heavy (non-hydrogen) atoms. The third-order valence-electron chi connectivity index (χ3n) is 6.54. The van der Waals surface area contributed by atoms with Crippen LogP contribution in [0.25, 0.3) is 16.7 Å². The van der Waals surface area contributed by atoms with Gasteiger partial charge in [-0.2, -0.15) is 8.78 Å². The number of para-hydroxylation sites is 1. The van der Waals surface area contributed by atoms with E-state index >= 15 is 0 Å². The lowest BCUT2D eigenvalue weighted by Crippen LogP contribution is -2.30. The van der Waals surface area contributed by atoms with Crippen LogP contribution >= 0.6 is 0 Å². The first-order chi connectivity index (χ1) is 16.5. The molecule has 2 aliphatic heterocycles. The van der Waals surface area contributed by atoms with Crippen LogP contribution in [-0.2, 0) is 0 Å². The number of rotatable bonds is 3. The van der Waals surface area contributed by atoms with Gasteiger partial charge < -0.3 is 15.0 Å². The number of carbonyl (C=O) groups is 1. The van der Waals surface area contributed by atoms with Gasteiger partial charge in [-0.05, 0) is 56.1 Å². The maximum Gasteiger partial charge on any atom is 0.387 e. The SMILES string of the molecule is CC[C@@H]1c2nc3ccc(C#CC4CCCNC4)cc3n2-c2c(OC(F)F)cccc2C(=O)N1C. The largest absolute Gasteiger partial charge is 0.433 e. The highest BCUT2D eigenvalue weighted by Gasteiger charge is 2.35. The van der Waals surface area contributed by atoms with E-state index in [0.717, 1.165) is 31.5 Å². The highest BCUT2D eigenvalue weighted by molar-refractivity contribution is 6.00. The lowest BCUT2D eigenvalue weighted by Gasteiger charge is -2.24. The number of nitrogens with zero attached hydrogens (tertiary/aromatic N) is 3. The standard InChI is InChI=1S/C26H26F2N4O2/c1-3-20-24-30-19-12-11-16(9-10-17-6-5-13-29-15-17)14-21(19)32(24)23-18(25(33)31(20)2)7-4-8-22(23)34-26(27)28/h4,7-8,11-12,14,17,20,26,29H,3,5-6,13,15H2,1-2H3/t17?,20-/m1/s1. The fourth-order valence-corrected chi connectivity index (χ4v) is 4.87. The Labute approximate surface area is 196 Å². The number of piperidine rings is 1. The molecule has 0 spiro atoms. The second-order valence-corrected chi connectivity index (χ2v) is 8.69. The summed E-state index contributed by atoms with van der Waals surface area (Å²) in [6.45, 7) is 0.861. The summed E-state index contributed by atoms with van der Waals surface area (Å²) in [7, 11) is 1.71. The van der Waals surface area contributed by atoms with Crippen molar-refractivity contribution >= 4 is 16.9 Å². The van der Waals surface area contributed by atoms with Crippen LogP contribution in [0.2, 0.25) is 0 Å². The molecule has 8 heteroatoms.